The highest BCUT2D eigenvalue weighted by atomic mass is 16.3. The molecule has 0 radical (unpaired) electrons. The van der Waals surface area contributed by atoms with Gasteiger partial charge < -0.3 is 14.6 Å². The Bertz CT molecular complexity index is 672. The Hall–Kier alpha value is -2.63. The molecule has 1 fully saturated rings. The first-order valence-electron chi connectivity index (χ1n) is 7.70. The lowest BCUT2D eigenvalue weighted by atomic mass is 10.0. The molecule has 1 saturated heterocycles. The number of nitrogens with one attached hydrogen (secondary N) is 1. The number of hydrogen-bond acceptors (Lipinski definition) is 4. The second-order valence-electron chi connectivity index (χ2n) is 5.71. The maximum Gasteiger partial charge on any atom is 0.289 e. The highest BCUT2D eigenvalue weighted by Gasteiger charge is 2.26. The molecular formula is C17H19N3O3. The van der Waals surface area contributed by atoms with Crippen LogP contribution in [0.15, 0.2) is 41.1 Å². The normalized spacial score (nSPS) is 15.4. The van der Waals surface area contributed by atoms with E-state index in [0.717, 1.165) is 18.5 Å². The van der Waals surface area contributed by atoms with Gasteiger partial charge in [0.15, 0.2) is 5.76 Å². The van der Waals surface area contributed by atoms with Crippen LogP contribution in [0.5, 0.6) is 0 Å². The largest absolute Gasteiger partial charge is 0.459 e. The summed E-state index contributed by atoms with van der Waals surface area (Å²) in [6, 6.07) is 7.04. The molecule has 2 amide bonds. The van der Waals surface area contributed by atoms with Crippen LogP contribution in [0, 0.1) is 6.92 Å². The van der Waals surface area contributed by atoms with Crippen molar-refractivity contribution < 1.29 is 14.0 Å². The maximum absolute atomic E-state index is 12.2. The zero-order chi connectivity index (χ0) is 16.2. The minimum Gasteiger partial charge on any atom is -0.459 e. The molecule has 23 heavy (non-hydrogen) atoms. The Morgan fingerprint density at radius 3 is 2.65 bits per heavy atom. The summed E-state index contributed by atoms with van der Waals surface area (Å²) in [6.07, 6.45) is 4.55. The van der Waals surface area contributed by atoms with Crippen molar-refractivity contribution >= 4 is 11.8 Å². The fourth-order valence-corrected chi connectivity index (χ4v) is 2.65. The van der Waals surface area contributed by atoms with Crippen LogP contribution in [0.2, 0.25) is 0 Å². The van der Waals surface area contributed by atoms with Crippen molar-refractivity contribution in [2.75, 3.05) is 13.1 Å². The fourth-order valence-electron chi connectivity index (χ4n) is 2.65. The number of hydrogen-bond donors (Lipinski definition) is 1. The van der Waals surface area contributed by atoms with Crippen molar-refractivity contribution in [3.8, 4) is 0 Å². The van der Waals surface area contributed by atoms with Crippen molar-refractivity contribution in [1.82, 2.24) is 15.2 Å². The van der Waals surface area contributed by atoms with Crippen LogP contribution in [0.4, 0.5) is 0 Å². The van der Waals surface area contributed by atoms with Crippen LogP contribution in [-0.4, -0.2) is 40.8 Å². The average Bonchev–Trinajstić information content (AvgIpc) is 3.10. The molecule has 120 valence electrons. The fraction of sp³-hybridized carbons (Fsp3) is 0.353. The second kappa shape index (κ2) is 6.64. The number of carbonyl (C=O) groups excluding carboxylic acids is 2. The lowest BCUT2D eigenvalue weighted by Crippen LogP contribution is -2.46. The number of furan rings is 1. The van der Waals surface area contributed by atoms with Crippen LogP contribution in [0.3, 0.4) is 0 Å². The summed E-state index contributed by atoms with van der Waals surface area (Å²) in [6.45, 7) is 3.10. The molecule has 2 aromatic heterocycles. The molecule has 3 heterocycles. The van der Waals surface area contributed by atoms with E-state index >= 15 is 0 Å². The molecule has 2 aromatic rings. The molecule has 0 saturated carbocycles. The van der Waals surface area contributed by atoms with Crippen LogP contribution in [0.25, 0.3) is 0 Å². The predicted octanol–water partition coefficient (Wildman–Crippen LogP) is 2.02. The third kappa shape index (κ3) is 3.59. The van der Waals surface area contributed by atoms with Gasteiger partial charge in [-0.05, 0) is 44.0 Å². The highest BCUT2D eigenvalue weighted by molar-refractivity contribution is 5.94. The van der Waals surface area contributed by atoms with Crippen molar-refractivity contribution in [3.05, 3.63) is 53.7 Å². The molecule has 0 aromatic carbocycles. The van der Waals surface area contributed by atoms with Gasteiger partial charge >= 0.3 is 0 Å². The Kier molecular flexibility index (Phi) is 4.41. The summed E-state index contributed by atoms with van der Waals surface area (Å²) in [4.78, 5) is 30.3. The number of piperidine rings is 1. The Balaban J connectivity index is 1.52. The molecule has 0 unspecified atom stereocenters. The lowest BCUT2D eigenvalue weighted by Gasteiger charge is -2.31. The summed E-state index contributed by atoms with van der Waals surface area (Å²) in [5.74, 6) is 0.147. The minimum absolute atomic E-state index is 0.0736. The van der Waals surface area contributed by atoms with Gasteiger partial charge in [0.1, 0.15) is 0 Å². The third-order valence-electron chi connectivity index (χ3n) is 4.02. The Morgan fingerprint density at radius 2 is 2.04 bits per heavy atom. The quantitative estimate of drug-likeness (QED) is 0.940. The first kappa shape index (κ1) is 15.3. The summed E-state index contributed by atoms with van der Waals surface area (Å²) in [5, 5.41) is 3.01. The molecule has 0 aliphatic carbocycles. The highest BCUT2D eigenvalue weighted by Crippen LogP contribution is 2.15. The number of rotatable bonds is 3. The zero-order valence-electron chi connectivity index (χ0n) is 13.0. The van der Waals surface area contributed by atoms with Crippen molar-refractivity contribution in [2.24, 2.45) is 0 Å². The number of carbonyl (C=O) groups is 2. The summed E-state index contributed by atoms with van der Waals surface area (Å²) in [5.41, 5.74) is 1.44. The number of nitrogens with zero attached hydrogens (tertiary/aromatic N) is 2. The molecule has 1 N–H and O–H groups in total. The van der Waals surface area contributed by atoms with E-state index in [1.807, 2.05) is 13.0 Å². The monoisotopic (exact) mass is 313 g/mol. The first-order valence-corrected chi connectivity index (χ1v) is 7.70. The van der Waals surface area contributed by atoms with Crippen molar-refractivity contribution in [3.63, 3.8) is 0 Å². The summed E-state index contributed by atoms with van der Waals surface area (Å²) < 4.78 is 5.14. The molecular weight excluding hydrogens is 294 g/mol. The number of pyridine rings is 1. The lowest BCUT2D eigenvalue weighted by molar-refractivity contribution is 0.0667. The van der Waals surface area contributed by atoms with E-state index in [2.05, 4.69) is 10.3 Å². The van der Waals surface area contributed by atoms with E-state index in [0.29, 0.717) is 24.4 Å². The molecule has 1 aliphatic heterocycles. The summed E-state index contributed by atoms with van der Waals surface area (Å²) in [7, 11) is 0. The van der Waals surface area contributed by atoms with Crippen LogP contribution < -0.4 is 5.32 Å². The van der Waals surface area contributed by atoms with Gasteiger partial charge in [0.05, 0.1) is 11.8 Å². The van der Waals surface area contributed by atoms with Gasteiger partial charge in [-0.3, -0.25) is 14.6 Å². The molecule has 6 heteroatoms. The van der Waals surface area contributed by atoms with Gasteiger partial charge in [-0.1, -0.05) is 0 Å². The van der Waals surface area contributed by atoms with Gasteiger partial charge in [-0.2, -0.15) is 0 Å². The Morgan fingerprint density at radius 1 is 1.26 bits per heavy atom. The van der Waals surface area contributed by atoms with E-state index < -0.39 is 0 Å². The van der Waals surface area contributed by atoms with Crippen molar-refractivity contribution in [2.45, 2.75) is 25.8 Å². The molecule has 0 bridgehead atoms. The summed E-state index contributed by atoms with van der Waals surface area (Å²) >= 11 is 0. The molecule has 1 aliphatic rings. The zero-order valence-corrected chi connectivity index (χ0v) is 13.0. The van der Waals surface area contributed by atoms with Crippen LogP contribution in [-0.2, 0) is 0 Å². The van der Waals surface area contributed by atoms with E-state index in [-0.39, 0.29) is 17.9 Å². The number of likely N-dealkylation sites (tertiary alicyclic amines) is 1. The third-order valence-corrected chi connectivity index (χ3v) is 4.02. The number of aryl methyl sites for hydroxylation is 1. The molecule has 0 spiro atoms. The SMILES string of the molecule is Cc1ccc(C(=O)NC2CCN(C(=O)c3ccco3)CC2)cn1. The van der Waals surface area contributed by atoms with E-state index in [1.165, 1.54) is 6.26 Å². The number of aromatic nitrogens is 1. The maximum atomic E-state index is 12.2. The first-order chi connectivity index (χ1) is 11.1. The van der Waals surface area contributed by atoms with E-state index in [9.17, 15) is 9.59 Å². The van der Waals surface area contributed by atoms with Gasteiger partial charge in [0.25, 0.3) is 11.8 Å². The van der Waals surface area contributed by atoms with Gasteiger partial charge in [-0.15, -0.1) is 0 Å². The molecule has 0 atom stereocenters. The Labute approximate surface area is 134 Å². The van der Waals surface area contributed by atoms with E-state index in [1.54, 1.807) is 29.3 Å². The minimum atomic E-state index is -0.117. The van der Waals surface area contributed by atoms with E-state index in [4.69, 9.17) is 4.42 Å². The molecule has 6 nitrogen and oxygen atoms in total. The van der Waals surface area contributed by atoms with Gasteiger partial charge in [0, 0.05) is 31.0 Å². The smallest absolute Gasteiger partial charge is 0.289 e. The second-order valence-corrected chi connectivity index (χ2v) is 5.71. The topological polar surface area (TPSA) is 75.4 Å². The molecule has 3 rings (SSSR count). The van der Waals surface area contributed by atoms with Crippen molar-refractivity contribution in [1.29, 1.82) is 0 Å². The van der Waals surface area contributed by atoms with Gasteiger partial charge in [-0.25, -0.2) is 0 Å². The predicted molar refractivity (Wildman–Crippen MR) is 84.1 cm³/mol. The van der Waals surface area contributed by atoms with Crippen LogP contribution in [0.1, 0.15) is 39.4 Å². The van der Waals surface area contributed by atoms with Crippen LogP contribution >= 0.6 is 0 Å². The van der Waals surface area contributed by atoms with Gasteiger partial charge in [0.2, 0.25) is 0 Å². The number of amides is 2. The average molecular weight is 313 g/mol. The standard InChI is InChI=1S/C17H19N3O3/c1-12-4-5-13(11-18-12)16(21)19-14-6-8-20(9-7-14)17(22)15-3-2-10-23-15/h2-5,10-11,14H,6-9H2,1H3,(H,19,21).